The van der Waals surface area contributed by atoms with E-state index in [-0.39, 0.29) is 4.90 Å². The number of carboxylic acid groups (broad SMARTS) is 1. The molecule has 21 heavy (non-hydrogen) atoms. The molecule has 0 radical (unpaired) electrons. The van der Waals surface area contributed by atoms with Crippen molar-refractivity contribution in [1.82, 2.24) is 10.2 Å². The average Bonchev–Trinajstić information content (AvgIpc) is 2.84. The number of aryl methyl sites for hydroxylation is 1. The van der Waals surface area contributed by atoms with Gasteiger partial charge in [0.25, 0.3) is 10.0 Å². The largest absolute Gasteiger partial charge is 0.482 e. The van der Waals surface area contributed by atoms with Crippen molar-refractivity contribution in [3.63, 3.8) is 0 Å². The number of aromatic amines is 1. The molecule has 0 aliphatic carbocycles. The number of rotatable bonds is 6. The molecule has 0 saturated heterocycles. The van der Waals surface area contributed by atoms with E-state index in [1.807, 2.05) is 0 Å². The van der Waals surface area contributed by atoms with Gasteiger partial charge < -0.3 is 9.84 Å². The molecule has 0 aliphatic heterocycles. The number of ether oxygens (including phenoxy) is 1. The molecular formula is C12H13N3O5S. The van der Waals surface area contributed by atoms with E-state index in [4.69, 9.17) is 9.84 Å². The lowest BCUT2D eigenvalue weighted by Gasteiger charge is -2.08. The summed E-state index contributed by atoms with van der Waals surface area (Å²) in [6, 6.07) is 5.90. The zero-order chi connectivity index (χ0) is 15.5. The van der Waals surface area contributed by atoms with Gasteiger partial charge in [-0.3, -0.25) is 9.82 Å². The predicted molar refractivity (Wildman–Crippen MR) is 73.7 cm³/mol. The molecule has 1 aromatic carbocycles. The minimum atomic E-state index is -3.72. The lowest BCUT2D eigenvalue weighted by atomic mass is 10.3. The van der Waals surface area contributed by atoms with Crippen LogP contribution in [0.5, 0.6) is 5.75 Å². The summed E-state index contributed by atoms with van der Waals surface area (Å²) < 4.78 is 31.6. The second kappa shape index (κ2) is 5.83. The van der Waals surface area contributed by atoms with Crippen LogP contribution in [0, 0.1) is 6.92 Å². The van der Waals surface area contributed by atoms with Gasteiger partial charge in [0.1, 0.15) is 10.6 Å². The summed E-state index contributed by atoms with van der Waals surface area (Å²) in [4.78, 5) is 10.4. The number of nitrogens with one attached hydrogen (secondary N) is 2. The first kappa shape index (κ1) is 14.9. The molecule has 2 rings (SSSR count). The third kappa shape index (κ3) is 3.72. The van der Waals surface area contributed by atoms with Crippen LogP contribution in [-0.2, 0) is 14.8 Å². The number of aromatic nitrogens is 2. The number of carbonyl (C=O) groups is 1. The van der Waals surface area contributed by atoms with Crippen LogP contribution >= 0.6 is 0 Å². The van der Waals surface area contributed by atoms with Crippen LogP contribution in [0.1, 0.15) is 5.69 Å². The molecule has 1 aromatic heterocycles. The van der Waals surface area contributed by atoms with E-state index in [2.05, 4.69) is 14.9 Å². The molecule has 0 unspecified atom stereocenters. The summed E-state index contributed by atoms with van der Waals surface area (Å²) in [6.07, 6.45) is 1.22. The number of sulfonamides is 1. The quantitative estimate of drug-likeness (QED) is 0.731. The lowest BCUT2D eigenvalue weighted by Crippen LogP contribution is -2.13. The number of aliphatic carboxylic acids is 1. The van der Waals surface area contributed by atoms with Crippen molar-refractivity contribution in [3.05, 3.63) is 36.2 Å². The third-order valence-corrected chi connectivity index (χ3v) is 4.04. The van der Waals surface area contributed by atoms with E-state index >= 15 is 0 Å². The molecule has 0 bridgehead atoms. The Morgan fingerprint density at radius 3 is 2.57 bits per heavy atom. The van der Waals surface area contributed by atoms with Gasteiger partial charge >= 0.3 is 5.97 Å². The van der Waals surface area contributed by atoms with Crippen LogP contribution in [0.15, 0.2) is 35.4 Å². The van der Waals surface area contributed by atoms with Gasteiger partial charge in [-0.25, -0.2) is 13.2 Å². The summed E-state index contributed by atoms with van der Waals surface area (Å²) in [5, 5.41) is 14.7. The first-order valence-corrected chi connectivity index (χ1v) is 7.34. The summed E-state index contributed by atoms with van der Waals surface area (Å²) in [5.41, 5.74) is 0.766. The average molecular weight is 311 g/mol. The summed E-state index contributed by atoms with van der Waals surface area (Å²) in [5.74, 6) is -0.755. The molecule has 8 nitrogen and oxygen atoms in total. The molecule has 3 N–H and O–H groups in total. The third-order valence-electron chi connectivity index (χ3n) is 2.54. The first-order valence-electron chi connectivity index (χ1n) is 5.86. The minimum absolute atomic E-state index is 0.0636. The molecule has 1 heterocycles. The second-order valence-corrected chi connectivity index (χ2v) is 5.82. The van der Waals surface area contributed by atoms with Crippen molar-refractivity contribution in [3.8, 4) is 5.75 Å². The van der Waals surface area contributed by atoms with Gasteiger partial charge in [0.05, 0.1) is 11.9 Å². The van der Waals surface area contributed by atoms with Gasteiger partial charge in [0.2, 0.25) is 0 Å². The van der Waals surface area contributed by atoms with Gasteiger partial charge in [-0.2, -0.15) is 5.10 Å². The maximum atomic E-state index is 12.1. The number of nitrogens with zero attached hydrogens (tertiary/aromatic N) is 1. The van der Waals surface area contributed by atoms with Crippen molar-refractivity contribution < 1.29 is 23.1 Å². The van der Waals surface area contributed by atoms with E-state index in [1.54, 1.807) is 6.92 Å². The summed E-state index contributed by atoms with van der Waals surface area (Å²) >= 11 is 0. The fourth-order valence-electron chi connectivity index (χ4n) is 1.58. The van der Waals surface area contributed by atoms with Gasteiger partial charge in [0, 0.05) is 5.69 Å². The highest BCUT2D eigenvalue weighted by molar-refractivity contribution is 7.92. The van der Waals surface area contributed by atoms with Crippen molar-refractivity contribution in [1.29, 1.82) is 0 Å². The Morgan fingerprint density at radius 2 is 2.05 bits per heavy atom. The molecule has 112 valence electrons. The van der Waals surface area contributed by atoms with E-state index in [9.17, 15) is 13.2 Å². The number of anilines is 1. The normalized spacial score (nSPS) is 11.1. The Bertz CT molecular complexity index is 737. The number of hydrogen-bond donors (Lipinski definition) is 3. The van der Waals surface area contributed by atoms with Crippen LogP contribution in [-0.4, -0.2) is 36.3 Å². The van der Waals surface area contributed by atoms with Crippen molar-refractivity contribution in [2.24, 2.45) is 0 Å². The number of H-pyrrole nitrogens is 1. The van der Waals surface area contributed by atoms with Crippen molar-refractivity contribution in [2.45, 2.75) is 11.8 Å². The Kier molecular flexibility index (Phi) is 4.13. The number of hydrogen-bond acceptors (Lipinski definition) is 5. The SMILES string of the molecule is Cc1[nH]ncc1S(=O)(=O)Nc1ccc(OCC(=O)O)cc1. The van der Waals surface area contributed by atoms with Gasteiger partial charge in [-0.15, -0.1) is 0 Å². The fraction of sp³-hybridized carbons (Fsp3) is 0.167. The topological polar surface area (TPSA) is 121 Å². The zero-order valence-corrected chi connectivity index (χ0v) is 11.8. The molecule has 0 atom stereocenters. The Morgan fingerprint density at radius 1 is 1.38 bits per heavy atom. The Labute approximate surface area is 120 Å². The molecule has 9 heteroatoms. The molecule has 0 fully saturated rings. The zero-order valence-electron chi connectivity index (χ0n) is 11.0. The van der Waals surface area contributed by atoms with Crippen molar-refractivity contribution >= 4 is 21.7 Å². The van der Waals surface area contributed by atoms with Crippen LogP contribution in [0.25, 0.3) is 0 Å². The number of carboxylic acids is 1. The first-order chi connectivity index (χ1) is 9.88. The van der Waals surface area contributed by atoms with E-state index < -0.39 is 22.6 Å². The van der Waals surface area contributed by atoms with Crippen LogP contribution < -0.4 is 9.46 Å². The molecule has 2 aromatic rings. The van der Waals surface area contributed by atoms with E-state index in [0.29, 0.717) is 17.1 Å². The van der Waals surface area contributed by atoms with Crippen LogP contribution in [0.3, 0.4) is 0 Å². The Hall–Kier alpha value is -2.55. The predicted octanol–water partition coefficient (Wildman–Crippen LogP) is 0.982. The van der Waals surface area contributed by atoms with Crippen molar-refractivity contribution in [2.75, 3.05) is 11.3 Å². The minimum Gasteiger partial charge on any atom is -0.482 e. The molecular weight excluding hydrogens is 298 g/mol. The standard InChI is InChI=1S/C12H13N3O5S/c1-8-11(6-13-14-8)21(18,19)15-9-2-4-10(5-3-9)20-7-12(16)17/h2-6,15H,7H2,1H3,(H,13,14)(H,16,17). The maximum Gasteiger partial charge on any atom is 0.341 e. The summed E-state index contributed by atoms with van der Waals surface area (Å²) in [7, 11) is -3.72. The van der Waals surface area contributed by atoms with E-state index in [0.717, 1.165) is 0 Å². The lowest BCUT2D eigenvalue weighted by molar-refractivity contribution is -0.139. The van der Waals surface area contributed by atoms with Gasteiger partial charge in [-0.05, 0) is 31.2 Å². The molecule has 0 spiro atoms. The van der Waals surface area contributed by atoms with Gasteiger partial charge in [0.15, 0.2) is 6.61 Å². The monoisotopic (exact) mass is 311 g/mol. The van der Waals surface area contributed by atoms with Gasteiger partial charge in [-0.1, -0.05) is 0 Å². The molecule has 0 amide bonds. The number of benzene rings is 1. The maximum absolute atomic E-state index is 12.1. The highest BCUT2D eigenvalue weighted by Gasteiger charge is 2.18. The van der Waals surface area contributed by atoms with Crippen LogP contribution in [0.4, 0.5) is 5.69 Å². The molecule has 0 aliphatic rings. The highest BCUT2D eigenvalue weighted by Crippen LogP contribution is 2.20. The highest BCUT2D eigenvalue weighted by atomic mass is 32.2. The Balaban J connectivity index is 2.10. The summed E-state index contributed by atoms with van der Waals surface area (Å²) in [6.45, 7) is 1.14. The second-order valence-electron chi connectivity index (χ2n) is 4.17. The van der Waals surface area contributed by atoms with Crippen LogP contribution in [0.2, 0.25) is 0 Å². The molecule has 0 saturated carbocycles. The fourth-order valence-corrected chi connectivity index (χ4v) is 2.78. The smallest absolute Gasteiger partial charge is 0.341 e. The van der Waals surface area contributed by atoms with E-state index in [1.165, 1.54) is 30.5 Å².